The van der Waals surface area contributed by atoms with E-state index in [2.05, 4.69) is 5.10 Å². The van der Waals surface area contributed by atoms with Crippen molar-refractivity contribution in [2.24, 2.45) is 5.10 Å². The van der Waals surface area contributed by atoms with Crippen molar-refractivity contribution in [1.82, 2.24) is 5.01 Å². The van der Waals surface area contributed by atoms with Crippen molar-refractivity contribution >= 4 is 23.2 Å². The lowest BCUT2D eigenvalue weighted by Gasteiger charge is -2.32. The molecule has 1 amide bonds. The number of hydrogen-bond acceptors (Lipinski definition) is 4. The number of aliphatic hydroxyl groups is 1. The minimum atomic E-state index is -5.10. The first kappa shape index (κ1) is 20.2. The number of amides is 1. The van der Waals surface area contributed by atoms with Crippen LogP contribution in [0.1, 0.15) is 24.0 Å². The van der Waals surface area contributed by atoms with Crippen molar-refractivity contribution in [3.63, 3.8) is 0 Å². The summed E-state index contributed by atoms with van der Waals surface area (Å²) >= 11 is 5.78. The first-order chi connectivity index (χ1) is 13.1. The maximum Gasteiger partial charge on any atom is 0.438 e. The van der Waals surface area contributed by atoms with Crippen LogP contribution in [0, 0.1) is 0 Å². The number of carbonyl (C=O) groups is 1. The molecule has 0 aliphatic carbocycles. The molecule has 2 aromatic carbocycles. The first-order valence-electron chi connectivity index (χ1n) is 8.34. The van der Waals surface area contributed by atoms with Gasteiger partial charge in [0.2, 0.25) is 5.91 Å². The number of hydrogen-bond donors (Lipinski definition) is 2. The Bertz CT molecular complexity index is 915. The molecule has 3 rings (SSSR count). The molecule has 0 fully saturated rings. The molecule has 1 heterocycles. The summed E-state index contributed by atoms with van der Waals surface area (Å²) in [5, 5.41) is 24.3. The lowest BCUT2D eigenvalue weighted by molar-refractivity contribution is -0.302. The van der Waals surface area contributed by atoms with Crippen LogP contribution in [-0.4, -0.2) is 38.7 Å². The predicted molar refractivity (Wildman–Crippen MR) is 96.9 cm³/mol. The number of hydrazone groups is 1. The van der Waals surface area contributed by atoms with Gasteiger partial charge in [-0.05, 0) is 35.7 Å². The van der Waals surface area contributed by atoms with E-state index in [-0.39, 0.29) is 29.3 Å². The van der Waals surface area contributed by atoms with Crippen LogP contribution in [0.4, 0.5) is 13.2 Å². The van der Waals surface area contributed by atoms with Crippen LogP contribution in [-0.2, 0) is 11.2 Å². The summed E-state index contributed by atoms with van der Waals surface area (Å²) < 4.78 is 40.7. The Morgan fingerprint density at radius 3 is 2.43 bits per heavy atom. The van der Waals surface area contributed by atoms with E-state index >= 15 is 0 Å². The van der Waals surface area contributed by atoms with Gasteiger partial charge in [0.15, 0.2) is 0 Å². The summed E-state index contributed by atoms with van der Waals surface area (Å²) in [4.78, 5) is 12.5. The smallest absolute Gasteiger partial charge is 0.438 e. The van der Waals surface area contributed by atoms with E-state index in [4.69, 9.17) is 11.6 Å². The molecule has 9 heteroatoms. The molecule has 28 heavy (non-hydrogen) atoms. The molecule has 0 saturated heterocycles. The van der Waals surface area contributed by atoms with E-state index in [1.54, 1.807) is 18.2 Å². The van der Waals surface area contributed by atoms with Crippen LogP contribution < -0.4 is 0 Å². The van der Waals surface area contributed by atoms with Gasteiger partial charge in [0.1, 0.15) is 5.75 Å². The number of aryl methyl sites for hydroxylation is 1. The second kappa shape index (κ2) is 7.44. The molecule has 2 aromatic rings. The van der Waals surface area contributed by atoms with Gasteiger partial charge < -0.3 is 10.2 Å². The Hall–Kier alpha value is -2.58. The molecule has 0 aromatic heterocycles. The third-order valence-corrected chi connectivity index (χ3v) is 4.70. The van der Waals surface area contributed by atoms with E-state index in [1.165, 1.54) is 30.3 Å². The summed E-state index contributed by atoms with van der Waals surface area (Å²) in [6.07, 6.45) is -6.36. The number of benzene rings is 2. The molecule has 0 saturated carbocycles. The third-order valence-electron chi connectivity index (χ3n) is 4.45. The molecule has 5 nitrogen and oxygen atoms in total. The van der Waals surface area contributed by atoms with Crippen molar-refractivity contribution in [3.8, 4) is 5.75 Å². The fourth-order valence-electron chi connectivity index (χ4n) is 2.90. The summed E-state index contributed by atoms with van der Waals surface area (Å²) in [6.45, 7) is 0. The third kappa shape index (κ3) is 3.83. The first-order valence-corrected chi connectivity index (χ1v) is 8.72. The van der Waals surface area contributed by atoms with Gasteiger partial charge in [-0.2, -0.15) is 23.3 Å². The van der Waals surface area contributed by atoms with Crippen LogP contribution in [0.15, 0.2) is 53.6 Å². The van der Waals surface area contributed by atoms with Crippen LogP contribution in [0.3, 0.4) is 0 Å². The number of alkyl halides is 3. The summed E-state index contributed by atoms with van der Waals surface area (Å²) in [5.74, 6) is -1.07. The topological polar surface area (TPSA) is 73.1 Å². The largest absolute Gasteiger partial charge is 0.508 e. The van der Waals surface area contributed by atoms with Gasteiger partial charge in [0, 0.05) is 11.4 Å². The molecule has 1 aliphatic rings. The standard InChI is InChI=1S/C19H16ClF3N2O3/c20-14-8-5-12(6-9-14)15-11-18(28,19(21,22)23)25(24-15)17(27)10-7-13-3-1-2-4-16(13)26/h1-6,8-9,26,28H,7,10-11H2/t18-/m0/s1. The molecule has 0 unspecified atom stereocenters. The lowest BCUT2D eigenvalue weighted by Crippen LogP contribution is -2.56. The van der Waals surface area contributed by atoms with E-state index < -0.39 is 24.2 Å². The highest BCUT2D eigenvalue weighted by Crippen LogP contribution is 2.41. The van der Waals surface area contributed by atoms with Crippen molar-refractivity contribution in [3.05, 3.63) is 64.7 Å². The van der Waals surface area contributed by atoms with E-state index in [9.17, 15) is 28.2 Å². The molecule has 0 bridgehead atoms. The Morgan fingerprint density at radius 2 is 1.82 bits per heavy atom. The van der Waals surface area contributed by atoms with Gasteiger partial charge in [-0.1, -0.05) is 41.9 Å². The number of para-hydroxylation sites is 1. The number of aromatic hydroxyl groups is 1. The zero-order chi connectivity index (χ0) is 20.5. The molecule has 2 N–H and O–H groups in total. The summed E-state index contributed by atoms with van der Waals surface area (Å²) in [6, 6.07) is 12.1. The summed E-state index contributed by atoms with van der Waals surface area (Å²) in [7, 11) is 0. The Labute approximate surface area is 163 Å². The SMILES string of the molecule is O=C(CCc1ccccc1O)N1N=C(c2ccc(Cl)cc2)C[C@]1(O)C(F)(F)F. The van der Waals surface area contributed by atoms with E-state index in [0.717, 1.165) is 0 Å². The Balaban J connectivity index is 1.86. The van der Waals surface area contributed by atoms with Crippen molar-refractivity contribution < 1.29 is 28.2 Å². The minimum Gasteiger partial charge on any atom is -0.508 e. The molecule has 0 spiro atoms. The molecule has 1 atom stereocenters. The van der Waals surface area contributed by atoms with Crippen LogP contribution in [0.25, 0.3) is 0 Å². The van der Waals surface area contributed by atoms with Gasteiger partial charge in [0.25, 0.3) is 5.72 Å². The zero-order valence-corrected chi connectivity index (χ0v) is 15.2. The van der Waals surface area contributed by atoms with Gasteiger partial charge in [0.05, 0.1) is 12.1 Å². The van der Waals surface area contributed by atoms with Gasteiger partial charge >= 0.3 is 6.18 Å². The van der Waals surface area contributed by atoms with Crippen LogP contribution in [0.2, 0.25) is 5.02 Å². The normalized spacial score (nSPS) is 19.6. The minimum absolute atomic E-state index is 0.00173. The monoisotopic (exact) mass is 412 g/mol. The number of phenols is 1. The highest BCUT2D eigenvalue weighted by molar-refractivity contribution is 6.30. The fraction of sp³-hybridized carbons (Fsp3) is 0.263. The molecule has 0 radical (unpaired) electrons. The maximum atomic E-state index is 13.6. The Morgan fingerprint density at radius 1 is 1.18 bits per heavy atom. The second-order valence-electron chi connectivity index (χ2n) is 6.38. The van der Waals surface area contributed by atoms with E-state index in [1.807, 2.05) is 0 Å². The van der Waals surface area contributed by atoms with Crippen LogP contribution in [0.5, 0.6) is 5.75 Å². The average Bonchev–Trinajstić information content (AvgIpc) is 3.00. The van der Waals surface area contributed by atoms with Crippen LogP contribution >= 0.6 is 11.6 Å². The fourth-order valence-corrected chi connectivity index (χ4v) is 3.03. The lowest BCUT2D eigenvalue weighted by atomic mass is 10.0. The molecular formula is C19H16ClF3N2O3. The van der Waals surface area contributed by atoms with Crippen molar-refractivity contribution in [2.75, 3.05) is 0 Å². The van der Waals surface area contributed by atoms with Gasteiger partial charge in [-0.15, -0.1) is 0 Å². The van der Waals surface area contributed by atoms with Crippen molar-refractivity contribution in [1.29, 1.82) is 0 Å². The molecular weight excluding hydrogens is 397 g/mol. The predicted octanol–water partition coefficient (Wildman–Crippen LogP) is 3.87. The second-order valence-corrected chi connectivity index (χ2v) is 6.82. The summed E-state index contributed by atoms with van der Waals surface area (Å²) in [5.41, 5.74) is -2.78. The maximum absolute atomic E-state index is 13.6. The average molecular weight is 413 g/mol. The van der Waals surface area contributed by atoms with Gasteiger partial charge in [-0.3, -0.25) is 4.79 Å². The molecule has 1 aliphatic heterocycles. The highest BCUT2D eigenvalue weighted by Gasteiger charge is 2.63. The van der Waals surface area contributed by atoms with E-state index in [0.29, 0.717) is 16.1 Å². The zero-order valence-electron chi connectivity index (χ0n) is 14.4. The van der Waals surface area contributed by atoms with Gasteiger partial charge in [-0.25, -0.2) is 0 Å². The number of rotatable bonds is 4. The number of halogens is 4. The number of nitrogens with zero attached hydrogens (tertiary/aromatic N) is 2. The van der Waals surface area contributed by atoms with Crippen molar-refractivity contribution in [2.45, 2.75) is 31.2 Å². The highest BCUT2D eigenvalue weighted by atomic mass is 35.5. The molecule has 148 valence electrons. The number of carbonyl (C=O) groups excluding carboxylic acids is 1. The Kier molecular flexibility index (Phi) is 5.36. The number of phenolic OH excluding ortho intramolecular Hbond substituents is 1. The quantitative estimate of drug-likeness (QED) is 0.800.